The van der Waals surface area contributed by atoms with Crippen molar-refractivity contribution < 1.29 is 8.42 Å². The molecule has 1 aliphatic carbocycles. The summed E-state index contributed by atoms with van der Waals surface area (Å²) in [4.78, 5) is 0.883. The molecule has 0 atom stereocenters. The second-order valence-electron chi connectivity index (χ2n) is 4.33. The first kappa shape index (κ1) is 13.7. The van der Waals surface area contributed by atoms with Gasteiger partial charge in [0.15, 0.2) is 0 Å². The van der Waals surface area contributed by atoms with Gasteiger partial charge in [0, 0.05) is 18.0 Å². The number of hydrogen-bond acceptors (Lipinski definition) is 4. The van der Waals surface area contributed by atoms with E-state index >= 15 is 0 Å². The van der Waals surface area contributed by atoms with E-state index in [1.54, 1.807) is 12.1 Å². The fourth-order valence-electron chi connectivity index (χ4n) is 1.99. The lowest BCUT2D eigenvalue weighted by molar-refractivity contribution is 0.583. The van der Waals surface area contributed by atoms with Crippen LogP contribution < -0.4 is 10.5 Å². The normalized spacial score (nSPS) is 15.9. The monoisotopic (exact) mass is 286 g/mol. The molecule has 0 bridgehead atoms. The van der Waals surface area contributed by atoms with Crippen LogP contribution in [-0.4, -0.2) is 15.0 Å². The Kier molecular flexibility index (Phi) is 4.55. The van der Waals surface area contributed by atoms with Crippen LogP contribution in [0.15, 0.2) is 28.0 Å². The summed E-state index contributed by atoms with van der Waals surface area (Å²) in [7, 11) is -3.36. The van der Waals surface area contributed by atoms with Crippen LogP contribution in [0.3, 0.4) is 0 Å². The maximum atomic E-state index is 12.0. The molecule has 4 nitrogen and oxygen atoms in total. The third-order valence-corrected chi connectivity index (χ3v) is 6.04. The second kappa shape index (κ2) is 5.97. The molecule has 1 heterocycles. The number of nitrogens with two attached hydrogens (primary N) is 1. The molecule has 1 aromatic rings. The summed E-state index contributed by atoms with van der Waals surface area (Å²) < 4.78 is 26.9. The molecular formula is C12H18N2O2S2. The van der Waals surface area contributed by atoms with Crippen molar-refractivity contribution in [3.8, 4) is 0 Å². The summed E-state index contributed by atoms with van der Waals surface area (Å²) in [5.41, 5.74) is 6.84. The highest BCUT2D eigenvalue weighted by atomic mass is 32.2. The lowest BCUT2D eigenvalue weighted by Crippen LogP contribution is -2.24. The van der Waals surface area contributed by atoms with Crippen LogP contribution in [0.4, 0.5) is 0 Å². The summed E-state index contributed by atoms with van der Waals surface area (Å²) in [6.07, 6.45) is 6.47. The van der Waals surface area contributed by atoms with E-state index in [-0.39, 0.29) is 0 Å². The van der Waals surface area contributed by atoms with Crippen molar-refractivity contribution in [2.45, 2.75) is 36.4 Å². The summed E-state index contributed by atoms with van der Waals surface area (Å²) in [5.74, 6) is 0. The van der Waals surface area contributed by atoms with Crippen LogP contribution >= 0.6 is 11.3 Å². The van der Waals surface area contributed by atoms with Gasteiger partial charge < -0.3 is 5.73 Å². The number of rotatable bonds is 6. The number of hydrogen-bond donors (Lipinski definition) is 2. The lowest BCUT2D eigenvalue weighted by atomic mass is 10.2. The highest BCUT2D eigenvalue weighted by molar-refractivity contribution is 7.91. The first-order chi connectivity index (χ1) is 8.62. The maximum absolute atomic E-state index is 12.0. The Morgan fingerprint density at radius 3 is 2.83 bits per heavy atom. The van der Waals surface area contributed by atoms with E-state index in [1.807, 2.05) is 0 Å². The van der Waals surface area contributed by atoms with Crippen LogP contribution in [0.2, 0.25) is 0 Å². The van der Waals surface area contributed by atoms with Crippen molar-refractivity contribution in [1.29, 1.82) is 0 Å². The van der Waals surface area contributed by atoms with Gasteiger partial charge in [0.1, 0.15) is 4.21 Å². The molecule has 1 aromatic heterocycles. The summed E-state index contributed by atoms with van der Waals surface area (Å²) in [5, 5.41) is 0. The minimum Gasteiger partial charge on any atom is -0.326 e. The molecule has 0 spiro atoms. The van der Waals surface area contributed by atoms with Crippen molar-refractivity contribution in [3.05, 3.63) is 28.7 Å². The standard InChI is InChI=1S/C12H18N2O2S2/c13-9-11-5-6-12(17-11)18(15,16)14-8-7-10-3-1-2-4-10/h3,5-6,14H,1-2,4,7-9,13H2. The molecule has 0 saturated carbocycles. The Morgan fingerprint density at radius 2 is 2.22 bits per heavy atom. The SMILES string of the molecule is NCc1ccc(S(=O)(=O)NCCC2=CCCC2)s1. The van der Waals surface area contributed by atoms with Gasteiger partial charge >= 0.3 is 0 Å². The van der Waals surface area contributed by atoms with E-state index in [0.717, 1.165) is 24.1 Å². The number of nitrogens with one attached hydrogen (secondary N) is 1. The van der Waals surface area contributed by atoms with Gasteiger partial charge in [-0.3, -0.25) is 0 Å². The molecule has 0 unspecified atom stereocenters. The summed E-state index contributed by atoms with van der Waals surface area (Å²) in [6, 6.07) is 3.38. The van der Waals surface area contributed by atoms with Crippen LogP contribution in [0.5, 0.6) is 0 Å². The zero-order valence-corrected chi connectivity index (χ0v) is 11.8. The van der Waals surface area contributed by atoms with Crippen LogP contribution in [0.1, 0.15) is 30.6 Å². The summed E-state index contributed by atoms with van der Waals surface area (Å²) in [6.45, 7) is 0.858. The zero-order valence-electron chi connectivity index (χ0n) is 10.2. The quantitative estimate of drug-likeness (QED) is 0.786. The van der Waals surface area contributed by atoms with E-state index in [0.29, 0.717) is 17.3 Å². The smallest absolute Gasteiger partial charge is 0.250 e. The van der Waals surface area contributed by atoms with Gasteiger partial charge in [-0.1, -0.05) is 11.6 Å². The van der Waals surface area contributed by atoms with Gasteiger partial charge in [-0.2, -0.15) is 0 Å². The van der Waals surface area contributed by atoms with E-state index in [9.17, 15) is 8.42 Å². The third-order valence-electron chi connectivity index (χ3n) is 2.98. The van der Waals surface area contributed by atoms with E-state index < -0.39 is 10.0 Å². The topological polar surface area (TPSA) is 72.2 Å². The molecule has 0 aliphatic heterocycles. The number of sulfonamides is 1. The lowest BCUT2D eigenvalue weighted by Gasteiger charge is -2.05. The molecule has 6 heteroatoms. The third kappa shape index (κ3) is 3.41. The Morgan fingerprint density at radius 1 is 1.39 bits per heavy atom. The first-order valence-electron chi connectivity index (χ1n) is 6.08. The molecule has 1 aliphatic rings. The maximum Gasteiger partial charge on any atom is 0.250 e. The molecule has 3 N–H and O–H groups in total. The van der Waals surface area contributed by atoms with Gasteiger partial charge in [-0.25, -0.2) is 13.1 Å². The predicted octanol–water partition coefficient (Wildman–Crippen LogP) is 1.99. The molecule has 0 amide bonds. The van der Waals surface area contributed by atoms with Crippen molar-refractivity contribution >= 4 is 21.4 Å². The second-order valence-corrected chi connectivity index (χ2v) is 7.49. The minimum absolute atomic E-state index is 0.350. The van der Waals surface area contributed by atoms with Gasteiger partial charge in [0.25, 0.3) is 0 Å². The summed E-state index contributed by atoms with van der Waals surface area (Å²) >= 11 is 1.23. The fraction of sp³-hybridized carbons (Fsp3) is 0.500. The molecule has 2 rings (SSSR count). The highest BCUT2D eigenvalue weighted by Crippen LogP contribution is 2.22. The van der Waals surface area contributed by atoms with Crippen LogP contribution in [0.25, 0.3) is 0 Å². The molecule has 0 saturated heterocycles. The minimum atomic E-state index is -3.36. The average molecular weight is 286 g/mol. The van der Waals surface area contributed by atoms with Gasteiger partial charge in [-0.05, 0) is 37.8 Å². The van der Waals surface area contributed by atoms with Crippen molar-refractivity contribution in [2.24, 2.45) is 5.73 Å². The first-order valence-corrected chi connectivity index (χ1v) is 8.38. The molecule has 0 aromatic carbocycles. The van der Waals surface area contributed by atoms with Gasteiger partial charge in [0.05, 0.1) is 0 Å². The average Bonchev–Trinajstić information content (AvgIpc) is 2.99. The molecular weight excluding hydrogens is 268 g/mol. The van der Waals surface area contributed by atoms with Crippen LogP contribution in [0, 0.1) is 0 Å². The van der Waals surface area contributed by atoms with Crippen molar-refractivity contribution in [1.82, 2.24) is 4.72 Å². The van der Waals surface area contributed by atoms with E-state index in [1.165, 1.54) is 23.3 Å². The van der Waals surface area contributed by atoms with Gasteiger partial charge in [-0.15, -0.1) is 11.3 Å². The fourth-order valence-corrected chi connectivity index (χ4v) is 4.30. The molecule has 100 valence electrons. The Hall–Kier alpha value is -0.690. The van der Waals surface area contributed by atoms with Crippen molar-refractivity contribution in [3.63, 3.8) is 0 Å². The van der Waals surface area contributed by atoms with E-state index in [4.69, 9.17) is 5.73 Å². The number of thiophene rings is 1. The Bertz CT molecular complexity index is 532. The van der Waals surface area contributed by atoms with Gasteiger partial charge in [0.2, 0.25) is 10.0 Å². The molecule has 0 fully saturated rings. The Balaban J connectivity index is 1.90. The van der Waals surface area contributed by atoms with Crippen molar-refractivity contribution in [2.75, 3.05) is 6.54 Å². The van der Waals surface area contributed by atoms with Crippen LogP contribution in [-0.2, 0) is 16.6 Å². The highest BCUT2D eigenvalue weighted by Gasteiger charge is 2.16. The van der Waals surface area contributed by atoms with E-state index in [2.05, 4.69) is 10.8 Å². The zero-order chi connectivity index (χ0) is 13.0. The Labute approximate surface area is 112 Å². The number of allylic oxidation sites excluding steroid dienone is 1. The molecule has 0 radical (unpaired) electrons. The predicted molar refractivity (Wildman–Crippen MR) is 73.9 cm³/mol. The molecule has 18 heavy (non-hydrogen) atoms. The largest absolute Gasteiger partial charge is 0.326 e.